The van der Waals surface area contributed by atoms with Crippen LogP contribution in [0, 0.1) is 6.92 Å². The third kappa shape index (κ3) is 3.21. The summed E-state index contributed by atoms with van der Waals surface area (Å²) in [7, 11) is 1.54. The van der Waals surface area contributed by atoms with E-state index in [-0.39, 0.29) is 5.91 Å². The molecular weight excluding hydrogens is 294 g/mol. The molecule has 1 N–H and O–H groups in total. The van der Waals surface area contributed by atoms with E-state index in [1.165, 1.54) is 7.11 Å². The molecule has 3 rings (SSSR count). The quantitative estimate of drug-likeness (QED) is 0.800. The molecule has 2 aromatic carbocycles. The Hall–Kier alpha value is -3.15. The number of anilines is 1. The van der Waals surface area contributed by atoms with Gasteiger partial charge in [-0.05, 0) is 36.4 Å². The highest BCUT2D eigenvalue weighted by Gasteiger charge is 2.12. The van der Waals surface area contributed by atoms with Gasteiger partial charge in [0.05, 0.1) is 12.7 Å². The Bertz CT molecular complexity index is 825. The molecule has 0 saturated heterocycles. The standard InChI is InChI=1S/C17H15N3O3/c1-11-19-20-17(23-11)12-7-9-13(10-8-12)18-16(21)14-5-3-4-6-15(14)22-2/h3-10H,1-2H3,(H,18,21). The largest absolute Gasteiger partial charge is 0.496 e. The molecule has 0 aliphatic heterocycles. The molecule has 0 aliphatic carbocycles. The molecule has 0 saturated carbocycles. The molecule has 6 heteroatoms. The number of nitrogens with zero attached hydrogens (tertiary/aromatic N) is 2. The second-order valence-corrected chi connectivity index (χ2v) is 4.86. The van der Waals surface area contributed by atoms with Crippen LogP contribution in [0.2, 0.25) is 0 Å². The fourth-order valence-corrected chi connectivity index (χ4v) is 2.14. The summed E-state index contributed by atoms with van der Waals surface area (Å²) >= 11 is 0. The van der Waals surface area contributed by atoms with E-state index >= 15 is 0 Å². The van der Waals surface area contributed by atoms with Crippen LogP contribution in [0.5, 0.6) is 5.75 Å². The van der Waals surface area contributed by atoms with Crippen LogP contribution in [0.25, 0.3) is 11.5 Å². The van der Waals surface area contributed by atoms with Crippen molar-refractivity contribution in [3.05, 3.63) is 60.0 Å². The van der Waals surface area contributed by atoms with Gasteiger partial charge < -0.3 is 14.5 Å². The summed E-state index contributed by atoms with van der Waals surface area (Å²) in [6, 6.07) is 14.2. The number of carbonyl (C=O) groups excluding carboxylic acids is 1. The Morgan fingerprint density at radius 1 is 1.09 bits per heavy atom. The number of nitrogens with one attached hydrogen (secondary N) is 1. The molecular formula is C17H15N3O3. The lowest BCUT2D eigenvalue weighted by molar-refractivity contribution is 0.102. The van der Waals surface area contributed by atoms with Crippen molar-refractivity contribution in [1.29, 1.82) is 0 Å². The number of rotatable bonds is 4. The van der Waals surface area contributed by atoms with Crippen LogP contribution >= 0.6 is 0 Å². The number of carbonyl (C=O) groups is 1. The summed E-state index contributed by atoms with van der Waals surface area (Å²) in [4.78, 5) is 12.3. The topological polar surface area (TPSA) is 77.2 Å². The number of amides is 1. The molecule has 116 valence electrons. The van der Waals surface area contributed by atoms with E-state index in [1.807, 2.05) is 18.2 Å². The van der Waals surface area contributed by atoms with Gasteiger partial charge in [-0.3, -0.25) is 4.79 Å². The molecule has 1 amide bonds. The maximum absolute atomic E-state index is 12.3. The van der Waals surface area contributed by atoms with Crippen LogP contribution in [-0.4, -0.2) is 23.2 Å². The van der Waals surface area contributed by atoms with Gasteiger partial charge in [0.2, 0.25) is 11.8 Å². The molecule has 0 aliphatic rings. The molecule has 0 fully saturated rings. The van der Waals surface area contributed by atoms with Gasteiger partial charge in [0.15, 0.2) is 0 Å². The van der Waals surface area contributed by atoms with E-state index in [2.05, 4.69) is 15.5 Å². The molecule has 0 atom stereocenters. The minimum Gasteiger partial charge on any atom is -0.496 e. The summed E-state index contributed by atoms with van der Waals surface area (Å²) < 4.78 is 10.6. The van der Waals surface area contributed by atoms with Crippen LogP contribution in [0.1, 0.15) is 16.2 Å². The van der Waals surface area contributed by atoms with Gasteiger partial charge in [-0.1, -0.05) is 12.1 Å². The number of methoxy groups -OCH3 is 1. The van der Waals surface area contributed by atoms with E-state index < -0.39 is 0 Å². The van der Waals surface area contributed by atoms with Crippen molar-refractivity contribution < 1.29 is 13.9 Å². The van der Waals surface area contributed by atoms with Gasteiger partial charge >= 0.3 is 0 Å². The van der Waals surface area contributed by atoms with Gasteiger partial charge in [0.25, 0.3) is 5.91 Å². The first-order valence-electron chi connectivity index (χ1n) is 7.02. The second-order valence-electron chi connectivity index (χ2n) is 4.86. The fraction of sp³-hybridized carbons (Fsp3) is 0.118. The number of hydrogen-bond donors (Lipinski definition) is 1. The second kappa shape index (κ2) is 6.31. The van der Waals surface area contributed by atoms with E-state index in [9.17, 15) is 4.79 Å². The highest BCUT2D eigenvalue weighted by atomic mass is 16.5. The number of aryl methyl sites for hydroxylation is 1. The summed E-state index contributed by atoms with van der Waals surface area (Å²) in [5, 5.41) is 10.6. The smallest absolute Gasteiger partial charge is 0.259 e. The van der Waals surface area contributed by atoms with Crippen molar-refractivity contribution in [3.8, 4) is 17.2 Å². The zero-order valence-electron chi connectivity index (χ0n) is 12.7. The van der Waals surface area contributed by atoms with E-state index in [1.54, 1.807) is 37.3 Å². The SMILES string of the molecule is COc1ccccc1C(=O)Nc1ccc(-c2nnc(C)o2)cc1. The average molecular weight is 309 g/mol. The van der Waals surface area contributed by atoms with Crippen LogP contribution in [0.4, 0.5) is 5.69 Å². The van der Waals surface area contributed by atoms with E-state index in [0.29, 0.717) is 28.8 Å². The maximum atomic E-state index is 12.3. The van der Waals surface area contributed by atoms with Crippen molar-refractivity contribution in [2.24, 2.45) is 0 Å². The number of benzene rings is 2. The first-order valence-corrected chi connectivity index (χ1v) is 7.02. The molecule has 0 bridgehead atoms. The summed E-state index contributed by atoms with van der Waals surface area (Å²) in [6.45, 7) is 1.73. The summed E-state index contributed by atoms with van der Waals surface area (Å²) in [5.74, 6) is 1.26. The van der Waals surface area contributed by atoms with Gasteiger partial charge in [0, 0.05) is 18.2 Å². The number of hydrogen-bond acceptors (Lipinski definition) is 5. The van der Waals surface area contributed by atoms with Gasteiger partial charge in [-0.2, -0.15) is 0 Å². The first kappa shape index (κ1) is 14.8. The van der Waals surface area contributed by atoms with Crippen molar-refractivity contribution in [3.63, 3.8) is 0 Å². The number of aromatic nitrogens is 2. The molecule has 0 unspecified atom stereocenters. The normalized spacial score (nSPS) is 10.3. The molecule has 0 spiro atoms. The summed E-state index contributed by atoms with van der Waals surface area (Å²) in [5.41, 5.74) is 1.94. The molecule has 6 nitrogen and oxygen atoms in total. The van der Waals surface area contributed by atoms with Crippen molar-refractivity contribution in [2.45, 2.75) is 6.92 Å². The highest BCUT2D eigenvalue weighted by Crippen LogP contribution is 2.22. The lowest BCUT2D eigenvalue weighted by atomic mass is 10.1. The van der Waals surface area contributed by atoms with Crippen molar-refractivity contribution in [1.82, 2.24) is 10.2 Å². The van der Waals surface area contributed by atoms with Gasteiger partial charge in [-0.25, -0.2) is 0 Å². The zero-order chi connectivity index (χ0) is 16.2. The Kier molecular flexibility index (Phi) is 4.05. The summed E-state index contributed by atoms with van der Waals surface area (Å²) in [6.07, 6.45) is 0. The van der Waals surface area contributed by atoms with Crippen molar-refractivity contribution in [2.75, 3.05) is 12.4 Å². The predicted molar refractivity (Wildman–Crippen MR) is 85.4 cm³/mol. The monoisotopic (exact) mass is 309 g/mol. The first-order chi connectivity index (χ1) is 11.2. The number of ether oxygens (including phenoxy) is 1. The Morgan fingerprint density at radius 3 is 2.48 bits per heavy atom. The molecule has 1 heterocycles. The van der Waals surface area contributed by atoms with E-state index in [4.69, 9.17) is 9.15 Å². The van der Waals surface area contributed by atoms with Gasteiger partial charge in [0.1, 0.15) is 5.75 Å². The molecule has 0 radical (unpaired) electrons. The molecule has 3 aromatic rings. The van der Waals surface area contributed by atoms with E-state index in [0.717, 1.165) is 5.56 Å². The van der Waals surface area contributed by atoms with Crippen LogP contribution in [0.3, 0.4) is 0 Å². The van der Waals surface area contributed by atoms with Crippen molar-refractivity contribution >= 4 is 11.6 Å². The number of para-hydroxylation sites is 1. The van der Waals surface area contributed by atoms with Gasteiger partial charge in [-0.15, -0.1) is 10.2 Å². The molecule has 1 aromatic heterocycles. The minimum atomic E-state index is -0.233. The van der Waals surface area contributed by atoms with Crippen LogP contribution in [0.15, 0.2) is 52.9 Å². The third-order valence-corrected chi connectivity index (χ3v) is 3.27. The lowest BCUT2D eigenvalue weighted by Crippen LogP contribution is -2.12. The third-order valence-electron chi connectivity index (χ3n) is 3.27. The fourth-order valence-electron chi connectivity index (χ4n) is 2.14. The Balaban J connectivity index is 1.77. The highest BCUT2D eigenvalue weighted by molar-refractivity contribution is 6.06. The Morgan fingerprint density at radius 2 is 1.83 bits per heavy atom. The lowest BCUT2D eigenvalue weighted by Gasteiger charge is -2.09. The molecule has 23 heavy (non-hydrogen) atoms. The average Bonchev–Trinajstić information content (AvgIpc) is 3.02. The van der Waals surface area contributed by atoms with Crippen LogP contribution in [-0.2, 0) is 0 Å². The van der Waals surface area contributed by atoms with Crippen LogP contribution < -0.4 is 10.1 Å². The maximum Gasteiger partial charge on any atom is 0.259 e. The Labute approximate surface area is 133 Å². The predicted octanol–water partition coefficient (Wildman–Crippen LogP) is 3.31. The zero-order valence-corrected chi connectivity index (χ0v) is 12.7. The minimum absolute atomic E-state index is 0.233.